The molecule has 112 valence electrons. The summed E-state index contributed by atoms with van der Waals surface area (Å²) in [4.78, 5) is 0. The lowest BCUT2D eigenvalue weighted by Gasteiger charge is -2.11. The minimum absolute atomic E-state index is 0.0178. The maximum atomic E-state index is 14.0. The highest BCUT2D eigenvalue weighted by atomic mass is 79.9. The zero-order valence-electron chi connectivity index (χ0n) is 11.6. The molecule has 2 aromatic rings. The van der Waals surface area contributed by atoms with Gasteiger partial charge in [-0.2, -0.15) is 0 Å². The first-order valence-electron chi connectivity index (χ1n) is 6.66. The van der Waals surface area contributed by atoms with E-state index in [1.54, 1.807) is 12.1 Å². The first kappa shape index (κ1) is 15.9. The van der Waals surface area contributed by atoms with E-state index in [0.717, 1.165) is 12.0 Å². The summed E-state index contributed by atoms with van der Waals surface area (Å²) >= 11 is 3.06. The standard InChI is InChI=1S/C16H16BrF2NO/c1-2-11(20)7-10-3-6-16(15(19)8-10)21-12-4-5-14(18)13(17)9-12/h3-6,8-9,11H,2,7,20H2,1H3. The molecular formula is C16H16BrF2NO. The molecule has 0 saturated carbocycles. The number of hydrogen-bond donors (Lipinski definition) is 1. The number of rotatable bonds is 5. The van der Waals surface area contributed by atoms with Gasteiger partial charge in [0.15, 0.2) is 11.6 Å². The molecule has 0 bridgehead atoms. The third-order valence-corrected chi connectivity index (χ3v) is 3.75. The molecule has 2 N–H and O–H groups in total. The van der Waals surface area contributed by atoms with Crippen LogP contribution in [0.15, 0.2) is 40.9 Å². The van der Waals surface area contributed by atoms with Crippen LogP contribution >= 0.6 is 15.9 Å². The quantitative estimate of drug-likeness (QED) is 0.835. The highest BCUT2D eigenvalue weighted by Crippen LogP contribution is 2.28. The topological polar surface area (TPSA) is 35.2 Å². The van der Waals surface area contributed by atoms with Crippen LogP contribution in [0.2, 0.25) is 0 Å². The molecule has 1 atom stereocenters. The molecule has 5 heteroatoms. The molecule has 0 spiro atoms. The highest BCUT2D eigenvalue weighted by molar-refractivity contribution is 9.10. The van der Waals surface area contributed by atoms with Crippen molar-refractivity contribution in [1.29, 1.82) is 0 Å². The third-order valence-electron chi connectivity index (χ3n) is 3.14. The van der Waals surface area contributed by atoms with Crippen molar-refractivity contribution in [3.05, 3.63) is 58.1 Å². The SMILES string of the molecule is CCC(N)Cc1ccc(Oc2ccc(F)c(Br)c2)c(F)c1. The first-order valence-corrected chi connectivity index (χ1v) is 7.45. The largest absolute Gasteiger partial charge is 0.454 e. The van der Waals surface area contributed by atoms with Gasteiger partial charge in [0.05, 0.1) is 4.47 Å². The van der Waals surface area contributed by atoms with E-state index in [1.807, 2.05) is 6.92 Å². The Balaban J connectivity index is 2.15. The lowest BCUT2D eigenvalue weighted by molar-refractivity contribution is 0.440. The molecule has 0 aliphatic rings. The zero-order valence-corrected chi connectivity index (χ0v) is 13.2. The van der Waals surface area contributed by atoms with E-state index in [2.05, 4.69) is 15.9 Å². The van der Waals surface area contributed by atoms with Gasteiger partial charge in [-0.1, -0.05) is 13.0 Å². The van der Waals surface area contributed by atoms with Gasteiger partial charge >= 0.3 is 0 Å². The summed E-state index contributed by atoms with van der Waals surface area (Å²) in [5, 5.41) is 0. The Morgan fingerprint density at radius 2 is 1.90 bits per heavy atom. The van der Waals surface area contributed by atoms with Crippen LogP contribution in [-0.4, -0.2) is 6.04 Å². The van der Waals surface area contributed by atoms with E-state index < -0.39 is 11.6 Å². The van der Waals surface area contributed by atoms with Gasteiger partial charge in [0, 0.05) is 6.04 Å². The minimum atomic E-state index is -0.462. The molecule has 0 amide bonds. The number of benzene rings is 2. The molecule has 0 radical (unpaired) electrons. The van der Waals surface area contributed by atoms with Crippen molar-refractivity contribution in [2.45, 2.75) is 25.8 Å². The van der Waals surface area contributed by atoms with Crippen molar-refractivity contribution in [3.63, 3.8) is 0 Å². The maximum Gasteiger partial charge on any atom is 0.165 e. The maximum absolute atomic E-state index is 14.0. The van der Waals surface area contributed by atoms with Crippen LogP contribution in [0.4, 0.5) is 8.78 Å². The van der Waals surface area contributed by atoms with Crippen molar-refractivity contribution in [3.8, 4) is 11.5 Å². The van der Waals surface area contributed by atoms with Crippen LogP contribution in [-0.2, 0) is 6.42 Å². The van der Waals surface area contributed by atoms with Crippen molar-refractivity contribution in [2.24, 2.45) is 5.73 Å². The normalized spacial score (nSPS) is 12.2. The second kappa shape index (κ2) is 7.00. The number of nitrogens with two attached hydrogens (primary N) is 1. The average molecular weight is 356 g/mol. The summed E-state index contributed by atoms with van der Waals surface area (Å²) in [5.41, 5.74) is 6.68. The van der Waals surface area contributed by atoms with Gasteiger partial charge in [0.25, 0.3) is 0 Å². The molecule has 0 aliphatic heterocycles. The van der Waals surface area contributed by atoms with E-state index in [-0.39, 0.29) is 16.3 Å². The lowest BCUT2D eigenvalue weighted by atomic mass is 10.0. The summed E-state index contributed by atoms with van der Waals surface area (Å²) in [5.74, 6) is -0.398. The Hall–Kier alpha value is -1.46. The number of halogens is 3. The summed E-state index contributed by atoms with van der Waals surface area (Å²) < 4.78 is 32.9. The second-order valence-electron chi connectivity index (χ2n) is 4.82. The molecule has 0 fully saturated rings. The smallest absolute Gasteiger partial charge is 0.165 e. The van der Waals surface area contributed by atoms with Gasteiger partial charge in [-0.15, -0.1) is 0 Å². The van der Waals surface area contributed by atoms with Crippen LogP contribution in [0, 0.1) is 11.6 Å². The van der Waals surface area contributed by atoms with Crippen LogP contribution in [0.3, 0.4) is 0 Å². The van der Waals surface area contributed by atoms with Crippen LogP contribution < -0.4 is 10.5 Å². The molecular weight excluding hydrogens is 340 g/mol. The summed E-state index contributed by atoms with van der Waals surface area (Å²) in [7, 11) is 0. The lowest BCUT2D eigenvalue weighted by Crippen LogP contribution is -2.21. The van der Waals surface area contributed by atoms with Crippen LogP contribution in [0.5, 0.6) is 11.5 Å². The third kappa shape index (κ3) is 4.25. The van der Waals surface area contributed by atoms with Gasteiger partial charge in [-0.05, 0) is 64.7 Å². The number of ether oxygens (including phenoxy) is 1. The Morgan fingerprint density at radius 3 is 2.52 bits per heavy atom. The highest BCUT2D eigenvalue weighted by Gasteiger charge is 2.09. The predicted molar refractivity (Wildman–Crippen MR) is 82.5 cm³/mol. The minimum Gasteiger partial charge on any atom is -0.454 e. The van der Waals surface area contributed by atoms with E-state index in [1.165, 1.54) is 24.3 Å². The fourth-order valence-corrected chi connectivity index (χ4v) is 2.23. The van der Waals surface area contributed by atoms with Crippen molar-refractivity contribution < 1.29 is 13.5 Å². The fraction of sp³-hybridized carbons (Fsp3) is 0.250. The molecule has 2 rings (SSSR count). The van der Waals surface area contributed by atoms with Crippen LogP contribution in [0.1, 0.15) is 18.9 Å². The van der Waals surface area contributed by atoms with E-state index >= 15 is 0 Å². The molecule has 0 heterocycles. The van der Waals surface area contributed by atoms with E-state index in [9.17, 15) is 8.78 Å². The summed E-state index contributed by atoms with van der Waals surface area (Å²) in [6, 6.07) is 8.94. The van der Waals surface area contributed by atoms with Gasteiger partial charge in [0.1, 0.15) is 11.6 Å². The van der Waals surface area contributed by atoms with Gasteiger partial charge in [-0.3, -0.25) is 0 Å². The first-order chi connectivity index (χ1) is 9.99. The molecule has 2 aromatic carbocycles. The monoisotopic (exact) mass is 355 g/mol. The summed E-state index contributed by atoms with van der Waals surface area (Å²) in [6.45, 7) is 1.99. The predicted octanol–water partition coefficient (Wildman–Crippen LogP) is 4.80. The number of hydrogen-bond acceptors (Lipinski definition) is 2. The van der Waals surface area contributed by atoms with Gasteiger partial charge < -0.3 is 10.5 Å². The Kier molecular flexibility index (Phi) is 5.31. The molecule has 2 nitrogen and oxygen atoms in total. The Labute approximate surface area is 131 Å². The summed E-state index contributed by atoms with van der Waals surface area (Å²) in [6.07, 6.45) is 1.46. The Morgan fingerprint density at radius 1 is 1.14 bits per heavy atom. The molecule has 0 aromatic heterocycles. The van der Waals surface area contributed by atoms with E-state index in [0.29, 0.717) is 12.2 Å². The fourth-order valence-electron chi connectivity index (χ4n) is 1.87. The van der Waals surface area contributed by atoms with Crippen molar-refractivity contribution in [2.75, 3.05) is 0 Å². The van der Waals surface area contributed by atoms with Gasteiger partial charge in [-0.25, -0.2) is 8.78 Å². The Bertz CT molecular complexity index is 634. The van der Waals surface area contributed by atoms with Crippen molar-refractivity contribution >= 4 is 15.9 Å². The van der Waals surface area contributed by atoms with E-state index in [4.69, 9.17) is 10.5 Å². The van der Waals surface area contributed by atoms with Crippen LogP contribution in [0.25, 0.3) is 0 Å². The molecule has 0 aliphatic carbocycles. The average Bonchev–Trinajstić information content (AvgIpc) is 2.45. The molecule has 0 saturated heterocycles. The van der Waals surface area contributed by atoms with Crippen molar-refractivity contribution in [1.82, 2.24) is 0 Å². The molecule has 1 unspecified atom stereocenters. The zero-order chi connectivity index (χ0) is 15.4. The van der Waals surface area contributed by atoms with Gasteiger partial charge in [0.2, 0.25) is 0 Å². The molecule has 21 heavy (non-hydrogen) atoms. The second-order valence-corrected chi connectivity index (χ2v) is 5.67.